The summed E-state index contributed by atoms with van der Waals surface area (Å²) >= 11 is 0. The summed E-state index contributed by atoms with van der Waals surface area (Å²) < 4.78 is 0. The Bertz CT molecular complexity index is 127. The van der Waals surface area contributed by atoms with E-state index in [0.717, 1.165) is 0 Å². The summed E-state index contributed by atoms with van der Waals surface area (Å²) in [6.45, 7) is 8.69. The van der Waals surface area contributed by atoms with E-state index >= 15 is 0 Å². The summed E-state index contributed by atoms with van der Waals surface area (Å²) in [6, 6.07) is 0. The molecule has 2 atom stereocenters. The van der Waals surface area contributed by atoms with Gasteiger partial charge in [-0.05, 0) is 13.3 Å². The number of hydrogen-bond donors (Lipinski definition) is 2. The first-order chi connectivity index (χ1) is 4.41. The highest BCUT2D eigenvalue weighted by Crippen LogP contribution is 2.24. The minimum absolute atomic E-state index is 0.0480. The lowest BCUT2D eigenvalue weighted by molar-refractivity contribution is 0.00283. The molecule has 0 radical (unpaired) electrons. The minimum Gasteiger partial charge on any atom is -0.513 e. The molecule has 0 fully saturated rings. The second kappa shape index (κ2) is 3.06. The maximum atomic E-state index is 9.54. The smallest absolute Gasteiger partial charge is 0.0907 e. The molecule has 0 aromatic carbocycles. The second-order valence-corrected chi connectivity index (χ2v) is 2.92. The number of hydrogen-bond acceptors (Lipinski definition) is 2. The van der Waals surface area contributed by atoms with Crippen LogP contribution >= 0.6 is 0 Å². The Labute approximate surface area is 62.2 Å². The Morgan fingerprint density at radius 3 is 2.20 bits per heavy atom. The van der Waals surface area contributed by atoms with Crippen LogP contribution in [0.25, 0.3) is 0 Å². The van der Waals surface area contributed by atoms with Crippen molar-refractivity contribution in [3.63, 3.8) is 0 Å². The van der Waals surface area contributed by atoms with Crippen LogP contribution in [-0.4, -0.2) is 15.8 Å². The maximum absolute atomic E-state index is 9.54. The van der Waals surface area contributed by atoms with Gasteiger partial charge in [0, 0.05) is 5.92 Å². The van der Waals surface area contributed by atoms with E-state index in [1.807, 2.05) is 6.92 Å². The van der Waals surface area contributed by atoms with Crippen molar-refractivity contribution in [3.8, 4) is 0 Å². The Morgan fingerprint density at radius 1 is 1.70 bits per heavy atom. The normalized spacial score (nSPS) is 19.6. The average Bonchev–Trinajstić information content (AvgIpc) is 1.86. The summed E-state index contributed by atoms with van der Waals surface area (Å²) in [7, 11) is 0. The van der Waals surface area contributed by atoms with Crippen molar-refractivity contribution in [1.82, 2.24) is 0 Å². The summed E-state index contributed by atoms with van der Waals surface area (Å²) in [4.78, 5) is 0. The molecule has 2 N–H and O–H groups in total. The molecule has 0 saturated heterocycles. The number of rotatable bonds is 3. The van der Waals surface area contributed by atoms with Crippen LogP contribution in [-0.2, 0) is 0 Å². The highest BCUT2D eigenvalue weighted by Gasteiger charge is 2.27. The molecule has 0 heterocycles. The predicted molar refractivity (Wildman–Crippen MR) is 41.8 cm³/mol. The van der Waals surface area contributed by atoms with Crippen molar-refractivity contribution >= 4 is 0 Å². The molecule has 0 aliphatic carbocycles. The van der Waals surface area contributed by atoms with Gasteiger partial charge in [0.25, 0.3) is 0 Å². The van der Waals surface area contributed by atoms with Crippen LogP contribution < -0.4 is 0 Å². The standard InChI is InChI=1S/C8H16O2/c1-5-8(4,10)6(2)7(3)9/h6,9-10H,3,5H2,1-2,4H3. The summed E-state index contributed by atoms with van der Waals surface area (Å²) in [5.41, 5.74) is -0.828. The molecule has 2 unspecified atom stereocenters. The van der Waals surface area contributed by atoms with E-state index in [4.69, 9.17) is 5.11 Å². The van der Waals surface area contributed by atoms with E-state index in [-0.39, 0.29) is 11.7 Å². The molecule has 0 aromatic rings. The van der Waals surface area contributed by atoms with E-state index < -0.39 is 5.60 Å². The molecule has 10 heavy (non-hydrogen) atoms. The molecule has 0 amide bonds. The van der Waals surface area contributed by atoms with Gasteiger partial charge in [0.05, 0.1) is 11.4 Å². The van der Waals surface area contributed by atoms with Gasteiger partial charge in [0.1, 0.15) is 0 Å². The summed E-state index contributed by atoms with van der Waals surface area (Å²) in [5.74, 6) is -0.204. The van der Waals surface area contributed by atoms with Gasteiger partial charge in [0.2, 0.25) is 0 Å². The van der Waals surface area contributed by atoms with Gasteiger partial charge in [-0.2, -0.15) is 0 Å². The first-order valence-corrected chi connectivity index (χ1v) is 3.52. The van der Waals surface area contributed by atoms with Crippen molar-refractivity contribution in [2.75, 3.05) is 0 Å². The predicted octanol–water partition coefficient (Wildman–Crippen LogP) is 1.86. The van der Waals surface area contributed by atoms with Crippen molar-refractivity contribution in [3.05, 3.63) is 12.3 Å². The lowest BCUT2D eigenvalue weighted by Crippen LogP contribution is -2.32. The van der Waals surface area contributed by atoms with E-state index in [9.17, 15) is 5.11 Å². The molecule has 0 aliphatic heterocycles. The highest BCUT2D eigenvalue weighted by molar-refractivity contribution is 4.95. The molecule has 0 aromatic heterocycles. The highest BCUT2D eigenvalue weighted by atomic mass is 16.3. The van der Waals surface area contributed by atoms with Crippen molar-refractivity contribution in [1.29, 1.82) is 0 Å². The Hall–Kier alpha value is -0.500. The van der Waals surface area contributed by atoms with Gasteiger partial charge in [-0.1, -0.05) is 20.4 Å². The third-order valence-electron chi connectivity index (χ3n) is 2.15. The quantitative estimate of drug-likeness (QED) is 0.593. The summed E-state index contributed by atoms with van der Waals surface area (Å²) in [6.07, 6.45) is 0.619. The Kier molecular flexibility index (Phi) is 2.91. The van der Waals surface area contributed by atoms with Crippen molar-refractivity contribution in [2.45, 2.75) is 32.8 Å². The molecule has 2 heteroatoms. The zero-order valence-electron chi connectivity index (χ0n) is 6.89. The molecule has 0 spiro atoms. The van der Waals surface area contributed by atoms with Crippen LogP contribution in [0.5, 0.6) is 0 Å². The lowest BCUT2D eigenvalue weighted by atomic mass is 9.87. The topological polar surface area (TPSA) is 40.5 Å². The largest absolute Gasteiger partial charge is 0.513 e. The van der Waals surface area contributed by atoms with E-state index in [1.54, 1.807) is 13.8 Å². The monoisotopic (exact) mass is 144 g/mol. The van der Waals surface area contributed by atoms with Gasteiger partial charge in [0.15, 0.2) is 0 Å². The molecule has 60 valence electrons. The molecule has 0 saturated carbocycles. The number of aliphatic hydroxyl groups excluding tert-OH is 1. The van der Waals surface area contributed by atoms with Crippen LogP contribution in [0.4, 0.5) is 0 Å². The molecule has 0 bridgehead atoms. The van der Waals surface area contributed by atoms with Gasteiger partial charge in [-0.25, -0.2) is 0 Å². The second-order valence-electron chi connectivity index (χ2n) is 2.92. The lowest BCUT2D eigenvalue weighted by Gasteiger charge is -2.27. The van der Waals surface area contributed by atoms with Crippen molar-refractivity contribution in [2.24, 2.45) is 5.92 Å². The Morgan fingerprint density at radius 2 is 2.10 bits per heavy atom. The first kappa shape index (κ1) is 9.50. The van der Waals surface area contributed by atoms with Gasteiger partial charge >= 0.3 is 0 Å². The van der Waals surface area contributed by atoms with Crippen molar-refractivity contribution < 1.29 is 10.2 Å². The maximum Gasteiger partial charge on any atom is 0.0907 e. The Balaban J connectivity index is 4.17. The van der Waals surface area contributed by atoms with Crippen LogP contribution in [0, 0.1) is 5.92 Å². The fourth-order valence-electron chi connectivity index (χ4n) is 0.665. The van der Waals surface area contributed by atoms with Gasteiger partial charge < -0.3 is 10.2 Å². The van der Waals surface area contributed by atoms with Crippen LogP contribution in [0.2, 0.25) is 0 Å². The fraction of sp³-hybridized carbons (Fsp3) is 0.750. The third kappa shape index (κ3) is 2.03. The van der Waals surface area contributed by atoms with Gasteiger partial charge in [-0.3, -0.25) is 0 Å². The molecular formula is C8H16O2. The first-order valence-electron chi connectivity index (χ1n) is 3.52. The molecular weight excluding hydrogens is 128 g/mol. The third-order valence-corrected chi connectivity index (χ3v) is 2.15. The van der Waals surface area contributed by atoms with Crippen LogP contribution in [0.1, 0.15) is 27.2 Å². The van der Waals surface area contributed by atoms with E-state index in [1.165, 1.54) is 0 Å². The van der Waals surface area contributed by atoms with E-state index in [2.05, 4.69) is 6.58 Å². The van der Waals surface area contributed by atoms with Crippen LogP contribution in [0.15, 0.2) is 12.3 Å². The zero-order valence-corrected chi connectivity index (χ0v) is 6.89. The summed E-state index contributed by atoms with van der Waals surface area (Å²) in [5, 5.41) is 18.5. The SMILES string of the molecule is C=C(O)C(C)C(C)(O)CC. The van der Waals surface area contributed by atoms with Crippen LogP contribution in [0.3, 0.4) is 0 Å². The van der Waals surface area contributed by atoms with E-state index in [0.29, 0.717) is 6.42 Å². The minimum atomic E-state index is -0.828. The number of aliphatic hydroxyl groups is 2. The average molecular weight is 144 g/mol. The fourth-order valence-corrected chi connectivity index (χ4v) is 0.665. The molecule has 2 nitrogen and oxygen atoms in total. The molecule has 0 aliphatic rings. The van der Waals surface area contributed by atoms with Gasteiger partial charge in [-0.15, -0.1) is 0 Å². The zero-order chi connectivity index (χ0) is 8.36. The molecule has 0 rings (SSSR count).